The van der Waals surface area contributed by atoms with Gasteiger partial charge in [0.15, 0.2) is 0 Å². The van der Waals surface area contributed by atoms with Crippen molar-refractivity contribution in [1.82, 2.24) is 0 Å². The number of benzene rings is 1. The Morgan fingerprint density at radius 1 is 1.20 bits per heavy atom. The van der Waals surface area contributed by atoms with E-state index in [0.29, 0.717) is 5.92 Å². The van der Waals surface area contributed by atoms with Crippen molar-refractivity contribution < 1.29 is 4.74 Å². The lowest BCUT2D eigenvalue weighted by atomic mass is 10.1. The van der Waals surface area contributed by atoms with E-state index in [0.717, 1.165) is 18.8 Å². The second-order valence-corrected chi connectivity index (χ2v) is 4.17. The summed E-state index contributed by atoms with van der Waals surface area (Å²) in [6, 6.07) is 8.32. The predicted octanol–water partition coefficient (Wildman–Crippen LogP) is 4.06. The molecule has 1 aromatic carbocycles. The minimum Gasteiger partial charge on any atom is -0.493 e. The van der Waals surface area contributed by atoms with E-state index >= 15 is 0 Å². The van der Waals surface area contributed by atoms with Crippen LogP contribution in [-0.4, -0.2) is 6.61 Å². The first-order valence-corrected chi connectivity index (χ1v) is 5.98. The van der Waals surface area contributed by atoms with Crippen LogP contribution in [0.25, 0.3) is 0 Å². The van der Waals surface area contributed by atoms with E-state index in [1.54, 1.807) is 0 Å². The van der Waals surface area contributed by atoms with E-state index in [-0.39, 0.29) is 0 Å². The largest absolute Gasteiger partial charge is 0.493 e. The molecule has 0 saturated heterocycles. The number of aryl methyl sites for hydroxylation is 1. The Bertz CT molecular complexity index is 280. The first kappa shape index (κ1) is 12.1. The topological polar surface area (TPSA) is 9.23 Å². The van der Waals surface area contributed by atoms with Crippen LogP contribution in [-0.2, 0) is 6.42 Å². The van der Waals surface area contributed by atoms with Gasteiger partial charge in [0.25, 0.3) is 0 Å². The third-order valence-electron chi connectivity index (χ3n) is 2.66. The molecule has 1 atom stereocenters. The zero-order valence-corrected chi connectivity index (χ0v) is 10.1. The first-order chi connectivity index (χ1) is 7.27. The Labute approximate surface area is 93.5 Å². The van der Waals surface area contributed by atoms with E-state index < -0.39 is 0 Å². The molecule has 1 rings (SSSR count). The molecule has 0 amide bonds. The summed E-state index contributed by atoms with van der Waals surface area (Å²) in [6.07, 6.45) is 3.52. The first-order valence-electron chi connectivity index (χ1n) is 5.98. The van der Waals surface area contributed by atoms with Gasteiger partial charge in [-0.3, -0.25) is 0 Å². The number of hydrogen-bond donors (Lipinski definition) is 0. The molecule has 0 radical (unpaired) electrons. The maximum absolute atomic E-state index is 5.84. The lowest BCUT2D eigenvalue weighted by Crippen LogP contribution is -2.09. The predicted molar refractivity (Wildman–Crippen MR) is 65.4 cm³/mol. The molecule has 0 aliphatic heterocycles. The van der Waals surface area contributed by atoms with Crippen LogP contribution in [0.1, 0.15) is 39.2 Å². The van der Waals surface area contributed by atoms with Crippen LogP contribution in [0.15, 0.2) is 24.3 Å². The van der Waals surface area contributed by atoms with Crippen molar-refractivity contribution >= 4 is 0 Å². The summed E-state index contributed by atoms with van der Waals surface area (Å²) >= 11 is 0. The van der Waals surface area contributed by atoms with Gasteiger partial charge in [-0.15, -0.1) is 0 Å². The fourth-order valence-corrected chi connectivity index (χ4v) is 1.74. The van der Waals surface area contributed by atoms with Crippen LogP contribution < -0.4 is 4.74 Å². The Kier molecular flexibility index (Phi) is 5.23. The molecule has 0 fully saturated rings. The fourth-order valence-electron chi connectivity index (χ4n) is 1.74. The van der Waals surface area contributed by atoms with Gasteiger partial charge in [0.05, 0.1) is 6.61 Å². The fraction of sp³-hybridized carbons (Fsp3) is 0.571. The molecule has 1 heteroatoms. The molecule has 0 bridgehead atoms. The van der Waals surface area contributed by atoms with Crippen molar-refractivity contribution in [3.8, 4) is 5.75 Å². The molecule has 84 valence electrons. The minimum absolute atomic E-state index is 0.653. The minimum atomic E-state index is 0.653. The lowest BCUT2D eigenvalue weighted by Gasteiger charge is -2.14. The third kappa shape index (κ3) is 3.94. The molecule has 1 unspecified atom stereocenters. The second kappa shape index (κ2) is 6.49. The summed E-state index contributed by atoms with van der Waals surface area (Å²) in [7, 11) is 0. The molecule has 1 nitrogen and oxygen atoms in total. The number of ether oxygens (including phenoxy) is 1. The van der Waals surface area contributed by atoms with Crippen LogP contribution in [0.2, 0.25) is 0 Å². The van der Waals surface area contributed by atoms with Gasteiger partial charge in [-0.2, -0.15) is 0 Å². The highest BCUT2D eigenvalue weighted by Gasteiger charge is 2.04. The molecule has 0 heterocycles. The van der Waals surface area contributed by atoms with Gasteiger partial charge in [0.2, 0.25) is 0 Å². The number of para-hydroxylation sites is 1. The van der Waals surface area contributed by atoms with Crippen molar-refractivity contribution in [2.75, 3.05) is 6.61 Å². The van der Waals surface area contributed by atoms with Crippen LogP contribution in [0, 0.1) is 5.92 Å². The van der Waals surface area contributed by atoms with Crippen molar-refractivity contribution in [2.24, 2.45) is 5.92 Å². The zero-order valence-electron chi connectivity index (χ0n) is 10.1. The van der Waals surface area contributed by atoms with Crippen LogP contribution in [0.5, 0.6) is 5.75 Å². The molecule has 0 saturated carbocycles. The summed E-state index contributed by atoms with van der Waals surface area (Å²) < 4.78 is 5.84. The van der Waals surface area contributed by atoms with Gasteiger partial charge in [0, 0.05) is 0 Å². The SMILES string of the molecule is CCCC(C)COc1ccccc1CC. The summed E-state index contributed by atoms with van der Waals surface area (Å²) in [5.41, 5.74) is 1.31. The van der Waals surface area contributed by atoms with Gasteiger partial charge >= 0.3 is 0 Å². The van der Waals surface area contributed by atoms with Crippen molar-refractivity contribution in [1.29, 1.82) is 0 Å². The normalized spacial score (nSPS) is 12.5. The van der Waals surface area contributed by atoms with Gasteiger partial charge in [-0.25, -0.2) is 0 Å². The number of hydrogen-bond acceptors (Lipinski definition) is 1. The standard InChI is InChI=1S/C14H22O/c1-4-8-12(3)11-15-14-10-7-6-9-13(14)5-2/h6-7,9-10,12H,4-5,8,11H2,1-3H3. The third-order valence-corrected chi connectivity index (χ3v) is 2.66. The maximum atomic E-state index is 5.84. The Hall–Kier alpha value is -0.980. The van der Waals surface area contributed by atoms with Crippen molar-refractivity contribution in [2.45, 2.75) is 40.0 Å². The van der Waals surface area contributed by atoms with Crippen molar-refractivity contribution in [3.63, 3.8) is 0 Å². The van der Waals surface area contributed by atoms with E-state index in [1.165, 1.54) is 18.4 Å². The van der Waals surface area contributed by atoms with E-state index in [4.69, 9.17) is 4.74 Å². The average Bonchev–Trinajstić information content (AvgIpc) is 2.27. The molecule has 1 aromatic rings. The number of rotatable bonds is 6. The highest BCUT2D eigenvalue weighted by molar-refractivity contribution is 5.33. The van der Waals surface area contributed by atoms with Gasteiger partial charge < -0.3 is 4.74 Å². The monoisotopic (exact) mass is 206 g/mol. The Morgan fingerprint density at radius 2 is 1.93 bits per heavy atom. The molecular formula is C14H22O. The summed E-state index contributed by atoms with van der Waals surface area (Å²) in [5.74, 6) is 1.71. The molecular weight excluding hydrogens is 184 g/mol. The zero-order chi connectivity index (χ0) is 11.1. The summed E-state index contributed by atoms with van der Waals surface area (Å²) in [6.45, 7) is 7.47. The highest BCUT2D eigenvalue weighted by atomic mass is 16.5. The van der Waals surface area contributed by atoms with E-state index in [2.05, 4.69) is 39.0 Å². The maximum Gasteiger partial charge on any atom is 0.122 e. The van der Waals surface area contributed by atoms with E-state index in [1.807, 2.05) is 6.07 Å². The Morgan fingerprint density at radius 3 is 2.60 bits per heavy atom. The average molecular weight is 206 g/mol. The van der Waals surface area contributed by atoms with Crippen LogP contribution >= 0.6 is 0 Å². The van der Waals surface area contributed by atoms with Crippen molar-refractivity contribution in [3.05, 3.63) is 29.8 Å². The molecule has 0 aliphatic rings. The lowest BCUT2D eigenvalue weighted by molar-refractivity contribution is 0.249. The smallest absolute Gasteiger partial charge is 0.122 e. The van der Waals surface area contributed by atoms with Gasteiger partial charge in [0.1, 0.15) is 5.75 Å². The molecule has 0 aromatic heterocycles. The van der Waals surface area contributed by atoms with Gasteiger partial charge in [-0.05, 0) is 30.4 Å². The summed E-state index contributed by atoms with van der Waals surface area (Å²) in [4.78, 5) is 0. The highest BCUT2D eigenvalue weighted by Crippen LogP contribution is 2.19. The molecule has 15 heavy (non-hydrogen) atoms. The van der Waals surface area contributed by atoms with Crippen LogP contribution in [0.4, 0.5) is 0 Å². The Balaban J connectivity index is 2.49. The molecule has 0 spiro atoms. The second-order valence-electron chi connectivity index (χ2n) is 4.17. The molecule has 0 N–H and O–H groups in total. The quantitative estimate of drug-likeness (QED) is 0.682. The van der Waals surface area contributed by atoms with E-state index in [9.17, 15) is 0 Å². The molecule has 0 aliphatic carbocycles. The van der Waals surface area contributed by atoms with Gasteiger partial charge in [-0.1, -0.05) is 45.4 Å². The van der Waals surface area contributed by atoms with Crippen LogP contribution in [0.3, 0.4) is 0 Å². The summed E-state index contributed by atoms with van der Waals surface area (Å²) in [5, 5.41) is 0.